The average Bonchev–Trinajstić information content (AvgIpc) is 1.56. The van der Waals surface area contributed by atoms with Gasteiger partial charge in [0.1, 0.15) is 0 Å². The number of aryl methyl sites for hydroxylation is 2. The number of aromatic nitrogens is 2. The Morgan fingerprint density at radius 3 is 1.14 bits per heavy atom. The normalized spacial score (nSPS) is 13.5. The predicted octanol–water partition coefficient (Wildman–Crippen LogP) is 27.9. The van der Waals surface area contributed by atoms with Gasteiger partial charge < -0.3 is 0 Å². The first kappa shape index (κ1) is 65.0. The van der Waals surface area contributed by atoms with Gasteiger partial charge in [-0.05, 0) is 206 Å². The molecule has 0 N–H and O–H groups in total. The summed E-state index contributed by atoms with van der Waals surface area (Å²) in [7, 11) is 0. The van der Waals surface area contributed by atoms with E-state index < -0.39 is 0 Å². The average molecular weight is 1240 g/mol. The SMILES string of the molecule is CCCCCCCCC1(CCCCCCCC)c2cc(C)ccc2-c2ccc(-c3cc(-c4ccc5c(c4)C(CCCCCCCC)(CCCCCCCC)c4cc(-c6ccc7cc8cc(C)ccc8cc7c6)ccc4-5)cc(-c4ccc5ccc6cccnc6c5n4)c3)cc21. The topological polar surface area (TPSA) is 25.8 Å². The molecule has 9 aromatic carbocycles. The number of unbranched alkanes of at least 4 members (excludes halogenated alkanes) is 20. The molecule has 2 nitrogen and oxygen atoms in total. The van der Waals surface area contributed by atoms with E-state index in [4.69, 9.17) is 9.97 Å². The van der Waals surface area contributed by atoms with Crippen LogP contribution < -0.4 is 0 Å². The van der Waals surface area contributed by atoms with E-state index in [0.717, 1.165) is 45.9 Å². The van der Waals surface area contributed by atoms with E-state index in [-0.39, 0.29) is 10.8 Å². The van der Waals surface area contributed by atoms with Crippen molar-refractivity contribution < 1.29 is 0 Å². The van der Waals surface area contributed by atoms with E-state index in [9.17, 15) is 0 Å². The quantitative estimate of drug-likeness (QED) is 0.0239. The van der Waals surface area contributed by atoms with Crippen LogP contribution in [0.15, 0.2) is 182 Å². The summed E-state index contributed by atoms with van der Waals surface area (Å²) < 4.78 is 0. The molecule has 0 spiro atoms. The molecule has 0 atom stereocenters. The molecular weight excluding hydrogens is 1130 g/mol. The zero-order valence-electron chi connectivity index (χ0n) is 58.0. The van der Waals surface area contributed by atoms with Gasteiger partial charge in [-0.3, -0.25) is 4.98 Å². The third kappa shape index (κ3) is 13.6. The highest BCUT2D eigenvalue weighted by Gasteiger charge is 2.44. The first-order valence-electron chi connectivity index (χ1n) is 37.5. The van der Waals surface area contributed by atoms with Gasteiger partial charge in [0.15, 0.2) is 0 Å². The summed E-state index contributed by atoms with van der Waals surface area (Å²) in [6.07, 6.45) is 37.8. The Hall–Kier alpha value is -7.68. The summed E-state index contributed by atoms with van der Waals surface area (Å²) in [5.74, 6) is 0. The molecule has 2 aliphatic rings. The molecule has 2 aromatic heterocycles. The van der Waals surface area contributed by atoms with Crippen molar-refractivity contribution in [1.29, 1.82) is 0 Å². The molecule has 2 aliphatic carbocycles. The van der Waals surface area contributed by atoms with Crippen LogP contribution in [0.3, 0.4) is 0 Å². The maximum absolute atomic E-state index is 5.61. The Balaban J connectivity index is 0.961. The monoisotopic (exact) mass is 1240 g/mol. The number of hydrogen-bond acceptors (Lipinski definition) is 2. The number of nitrogens with zero attached hydrogens (tertiary/aromatic N) is 2. The Labute approximate surface area is 564 Å². The van der Waals surface area contributed by atoms with E-state index in [1.807, 2.05) is 12.3 Å². The molecule has 94 heavy (non-hydrogen) atoms. The van der Waals surface area contributed by atoms with Gasteiger partial charge in [0.25, 0.3) is 0 Å². The molecule has 11 aromatic rings. The highest BCUT2D eigenvalue weighted by molar-refractivity contribution is 6.04. The molecule has 0 amide bonds. The first-order valence-corrected chi connectivity index (χ1v) is 37.5. The minimum Gasteiger partial charge on any atom is -0.254 e. The molecule has 0 unspecified atom stereocenters. The molecule has 0 aliphatic heterocycles. The molecule has 2 heterocycles. The second-order valence-corrected chi connectivity index (χ2v) is 29.0. The predicted molar refractivity (Wildman–Crippen MR) is 408 cm³/mol. The molecule has 482 valence electrons. The number of benzene rings is 9. The van der Waals surface area contributed by atoms with Crippen LogP contribution >= 0.6 is 0 Å². The smallest absolute Gasteiger partial charge is 0.0972 e. The Morgan fingerprint density at radius 2 is 0.628 bits per heavy atom. The zero-order valence-corrected chi connectivity index (χ0v) is 58.0. The van der Waals surface area contributed by atoms with Crippen LogP contribution in [0.4, 0.5) is 0 Å². The van der Waals surface area contributed by atoms with Gasteiger partial charge in [0.05, 0.1) is 16.7 Å². The van der Waals surface area contributed by atoms with Crippen LogP contribution in [0.1, 0.15) is 241 Å². The Kier molecular flexibility index (Phi) is 20.7. The maximum Gasteiger partial charge on any atom is 0.0972 e. The van der Waals surface area contributed by atoms with Crippen LogP contribution in [0, 0.1) is 13.8 Å². The fourth-order valence-electron chi connectivity index (χ4n) is 17.1. The fourth-order valence-corrected chi connectivity index (χ4v) is 17.1. The van der Waals surface area contributed by atoms with Crippen LogP contribution in [0.25, 0.3) is 110 Å². The van der Waals surface area contributed by atoms with Gasteiger partial charge in [-0.25, -0.2) is 4.98 Å². The minimum atomic E-state index is -0.117. The largest absolute Gasteiger partial charge is 0.254 e. The highest BCUT2D eigenvalue weighted by Crippen LogP contribution is 2.58. The molecule has 0 saturated heterocycles. The third-order valence-corrected chi connectivity index (χ3v) is 22.3. The van der Waals surface area contributed by atoms with Crippen molar-refractivity contribution in [3.8, 4) is 66.9 Å². The van der Waals surface area contributed by atoms with Crippen LogP contribution in [0.5, 0.6) is 0 Å². The van der Waals surface area contributed by atoms with Crippen molar-refractivity contribution in [2.75, 3.05) is 0 Å². The lowest BCUT2D eigenvalue weighted by Gasteiger charge is -2.33. The zero-order chi connectivity index (χ0) is 64.4. The van der Waals surface area contributed by atoms with E-state index in [1.165, 1.54) is 261 Å². The number of rotatable bonds is 32. The van der Waals surface area contributed by atoms with Gasteiger partial charge in [-0.2, -0.15) is 0 Å². The number of fused-ring (bicyclic) bond motifs is 11. The van der Waals surface area contributed by atoms with Gasteiger partial charge in [0, 0.05) is 33.4 Å². The van der Waals surface area contributed by atoms with Crippen molar-refractivity contribution >= 4 is 43.4 Å². The molecular formula is C92H104N2. The molecule has 0 fully saturated rings. The lowest BCUT2D eigenvalue weighted by molar-refractivity contribution is 0.398. The fraction of sp³-hybridized carbons (Fsp3) is 0.391. The van der Waals surface area contributed by atoms with Crippen molar-refractivity contribution in [2.45, 2.75) is 232 Å². The van der Waals surface area contributed by atoms with E-state index in [1.54, 1.807) is 16.7 Å². The summed E-state index contributed by atoms with van der Waals surface area (Å²) >= 11 is 0. The molecule has 0 bridgehead atoms. The highest BCUT2D eigenvalue weighted by atomic mass is 14.8. The van der Waals surface area contributed by atoms with Crippen molar-refractivity contribution in [3.63, 3.8) is 0 Å². The Bertz CT molecular complexity index is 4410. The maximum atomic E-state index is 5.61. The third-order valence-electron chi connectivity index (χ3n) is 22.3. The van der Waals surface area contributed by atoms with Crippen LogP contribution in [-0.4, -0.2) is 9.97 Å². The molecule has 0 saturated carbocycles. The number of pyridine rings is 2. The van der Waals surface area contributed by atoms with Gasteiger partial charge in [0.2, 0.25) is 0 Å². The van der Waals surface area contributed by atoms with Gasteiger partial charge in [-0.15, -0.1) is 0 Å². The molecule has 0 radical (unpaired) electrons. The summed E-state index contributed by atoms with van der Waals surface area (Å²) in [6.45, 7) is 13.9. The van der Waals surface area contributed by atoms with Gasteiger partial charge >= 0.3 is 0 Å². The summed E-state index contributed by atoms with van der Waals surface area (Å²) in [5.41, 5.74) is 26.3. The summed E-state index contributed by atoms with van der Waals surface area (Å²) in [6, 6.07) is 69.8. The second-order valence-electron chi connectivity index (χ2n) is 29.0. The minimum absolute atomic E-state index is 0.0246. The summed E-state index contributed by atoms with van der Waals surface area (Å²) in [4.78, 5) is 10.6. The standard InChI is InChI=1S/C92H104N2/c1-7-11-15-19-23-27-49-91(50-28-24-20-16-12-8-2)84-55-66(6)34-44-80(84)81-46-41-73(63-86(81)91)77-59-78(61-79(60-77)88-48-43-68-37-36-67-32-31-53-93-89(67)90(68)94-88)74-42-47-83-82-45-40-72(69-38-39-71-57-75-54-65(5)33-35-70(75)58-76(71)56-69)62-85(82)92(87(83)64-74,51-29-25-21-17-13-9-3)52-30-26-22-18-14-10-4/h31-48,53-64H,7-30,49-52H2,1-6H3. The molecule has 2 heteroatoms. The summed E-state index contributed by atoms with van der Waals surface area (Å²) in [5, 5.41) is 7.45. The molecule has 13 rings (SSSR count). The first-order chi connectivity index (χ1) is 46.2. The Morgan fingerprint density at radius 1 is 0.266 bits per heavy atom. The lowest BCUT2D eigenvalue weighted by atomic mass is 9.69. The van der Waals surface area contributed by atoms with Gasteiger partial charge in [-0.1, -0.05) is 302 Å². The van der Waals surface area contributed by atoms with E-state index in [0.29, 0.717) is 0 Å². The van der Waals surface area contributed by atoms with E-state index >= 15 is 0 Å². The van der Waals surface area contributed by atoms with Crippen molar-refractivity contribution in [1.82, 2.24) is 9.97 Å². The van der Waals surface area contributed by atoms with Crippen molar-refractivity contribution in [3.05, 3.63) is 216 Å². The van der Waals surface area contributed by atoms with E-state index in [2.05, 4.69) is 211 Å². The van der Waals surface area contributed by atoms with Crippen LogP contribution in [0.2, 0.25) is 0 Å². The van der Waals surface area contributed by atoms with Crippen molar-refractivity contribution in [2.24, 2.45) is 0 Å². The second kappa shape index (κ2) is 29.9. The number of hydrogen-bond donors (Lipinski definition) is 0. The van der Waals surface area contributed by atoms with Crippen LogP contribution in [-0.2, 0) is 10.8 Å². The lowest BCUT2D eigenvalue weighted by Crippen LogP contribution is -2.25.